The molecule has 170 valence electrons. The molecule has 1 saturated heterocycles. The lowest BCUT2D eigenvalue weighted by Crippen LogP contribution is -2.51. The van der Waals surface area contributed by atoms with Crippen molar-refractivity contribution < 1.29 is 24.4 Å². The first-order chi connectivity index (χ1) is 15.3. The van der Waals surface area contributed by atoms with E-state index in [4.69, 9.17) is 21.2 Å². The maximum absolute atomic E-state index is 12.8. The summed E-state index contributed by atoms with van der Waals surface area (Å²) in [6, 6.07) is 7.31. The van der Waals surface area contributed by atoms with Gasteiger partial charge in [-0.15, -0.1) is 5.01 Å². The molecule has 0 spiro atoms. The van der Waals surface area contributed by atoms with Crippen LogP contribution in [0.3, 0.4) is 0 Å². The number of aromatic nitrogens is 1. The summed E-state index contributed by atoms with van der Waals surface area (Å²) in [6.07, 6.45) is 1.75. The number of hydrogen-bond donors (Lipinski definition) is 1. The number of aliphatic carboxylic acids is 1. The van der Waals surface area contributed by atoms with E-state index >= 15 is 0 Å². The van der Waals surface area contributed by atoms with Gasteiger partial charge in [-0.3, -0.25) is 4.98 Å². The van der Waals surface area contributed by atoms with Crippen molar-refractivity contribution in [1.29, 1.82) is 0 Å². The van der Waals surface area contributed by atoms with Crippen molar-refractivity contribution in [2.45, 2.75) is 58.0 Å². The summed E-state index contributed by atoms with van der Waals surface area (Å²) in [6.45, 7) is 5.66. The fraction of sp³-hybridized carbons (Fsp3) is 0.455. The zero-order chi connectivity index (χ0) is 23.0. The van der Waals surface area contributed by atoms with Crippen LogP contribution >= 0.6 is 11.6 Å². The van der Waals surface area contributed by atoms with Gasteiger partial charge in [0.05, 0.1) is 18.1 Å². The van der Waals surface area contributed by atoms with E-state index in [0.29, 0.717) is 22.7 Å². The number of hydrogen-bond acceptors (Lipinski definition) is 6. The molecule has 1 aromatic carbocycles. The van der Waals surface area contributed by atoms with E-state index in [1.54, 1.807) is 39.1 Å². The Bertz CT molecular complexity index is 1060. The van der Waals surface area contributed by atoms with Crippen LogP contribution in [0, 0.1) is 12.1 Å². The summed E-state index contributed by atoms with van der Waals surface area (Å²) in [5, 5.41) is 28.6. The third kappa shape index (κ3) is 3.65. The molecule has 0 bridgehead atoms. The molecule has 2 aromatic rings. The van der Waals surface area contributed by atoms with Crippen molar-refractivity contribution in [1.82, 2.24) is 9.99 Å². The molecule has 10 heteroatoms. The van der Waals surface area contributed by atoms with Crippen molar-refractivity contribution in [3.63, 3.8) is 0 Å². The predicted octanol–water partition coefficient (Wildman–Crippen LogP) is 4.26. The van der Waals surface area contributed by atoms with Crippen LogP contribution in [-0.2, 0) is 26.5 Å². The molecule has 9 nitrogen and oxygen atoms in total. The summed E-state index contributed by atoms with van der Waals surface area (Å²) in [7, 11) is 0. The van der Waals surface area contributed by atoms with E-state index in [1.807, 2.05) is 12.1 Å². The molecule has 1 aromatic heterocycles. The van der Waals surface area contributed by atoms with E-state index in [2.05, 4.69) is 10.3 Å². The summed E-state index contributed by atoms with van der Waals surface area (Å²) in [4.78, 5) is 22.6. The Hall–Kier alpha value is -2.91. The Morgan fingerprint density at radius 2 is 2.16 bits per heavy atom. The highest BCUT2D eigenvalue weighted by atomic mass is 35.5. The molecule has 2 atom stereocenters. The number of aryl methyl sites for hydroxylation is 1. The summed E-state index contributed by atoms with van der Waals surface area (Å²) in [5.74, 6) is -1.14. The van der Waals surface area contributed by atoms with E-state index in [9.17, 15) is 15.1 Å². The standard InChI is InChI=1S/C22H25ClN4O5/c1-13(2)32-25-27(30)26-10-4-9-22(26,21(28)29)19-14(3)24-11-17-18(19)12-31-20(17)15-5-7-16(23)8-6-15/h5-8,11,13,20H,4,9-10,12H2,1-3H3,(H,28,29)/t20-,22+/m0/s1. The van der Waals surface area contributed by atoms with Gasteiger partial charge < -0.3 is 19.9 Å². The highest BCUT2D eigenvalue weighted by molar-refractivity contribution is 6.30. The molecular formula is C22H25ClN4O5. The number of nitrogens with zero attached hydrogens (tertiary/aromatic N) is 4. The van der Waals surface area contributed by atoms with Crippen LogP contribution in [0.2, 0.25) is 5.02 Å². The minimum Gasteiger partial charge on any atom is -0.569 e. The number of pyridine rings is 1. The van der Waals surface area contributed by atoms with Gasteiger partial charge >= 0.3 is 5.97 Å². The zero-order valence-corrected chi connectivity index (χ0v) is 18.9. The number of fused-ring (bicyclic) bond motifs is 1. The van der Waals surface area contributed by atoms with Gasteiger partial charge in [0.1, 0.15) is 12.2 Å². The number of ether oxygens (including phenoxy) is 1. The highest BCUT2D eigenvalue weighted by Gasteiger charge is 2.57. The second kappa shape index (κ2) is 8.55. The summed E-state index contributed by atoms with van der Waals surface area (Å²) >= 11 is 6.02. The van der Waals surface area contributed by atoms with Gasteiger partial charge in [0, 0.05) is 28.0 Å². The molecule has 0 unspecified atom stereocenters. The molecular weight excluding hydrogens is 436 g/mol. The maximum atomic E-state index is 12.8. The number of hydrazine groups is 1. The van der Waals surface area contributed by atoms with Crippen molar-refractivity contribution >= 4 is 17.6 Å². The average molecular weight is 461 g/mol. The lowest BCUT2D eigenvalue weighted by molar-refractivity contribution is -0.722. The van der Waals surface area contributed by atoms with Crippen LogP contribution in [0.25, 0.3) is 0 Å². The topological polar surface area (TPSA) is 110 Å². The number of halogens is 1. The molecule has 1 N–H and O–H groups in total. The summed E-state index contributed by atoms with van der Waals surface area (Å²) in [5.41, 5.74) is 1.82. The van der Waals surface area contributed by atoms with Crippen molar-refractivity contribution in [3.05, 3.63) is 68.6 Å². The molecule has 2 aliphatic heterocycles. The third-order valence-corrected chi connectivity index (χ3v) is 6.16. The Balaban J connectivity index is 1.83. The fourth-order valence-electron chi connectivity index (χ4n) is 4.56. The molecule has 0 saturated carbocycles. The Kier molecular flexibility index (Phi) is 5.96. The first-order valence-corrected chi connectivity index (χ1v) is 10.8. The quantitative estimate of drug-likeness (QED) is 0.389. The molecule has 0 radical (unpaired) electrons. The van der Waals surface area contributed by atoms with Gasteiger partial charge in [-0.25, -0.2) is 4.79 Å². The van der Waals surface area contributed by atoms with Crippen molar-refractivity contribution in [3.8, 4) is 0 Å². The first-order valence-electron chi connectivity index (χ1n) is 10.5. The van der Waals surface area contributed by atoms with Crippen LogP contribution in [0.5, 0.6) is 0 Å². The van der Waals surface area contributed by atoms with E-state index in [1.165, 1.54) is 5.01 Å². The molecule has 2 aliphatic rings. The van der Waals surface area contributed by atoms with Crippen LogP contribution in [0.1, 0.15) is 60.7 Å². The SMILES string of the molecule is Cc1ncc2c(c1[C@@]1(C(=O)O)CCCN1[N+]([O-])=NOC(C)C)CO[C@H]2c1ccc(Cl)cc1. The number of carboxylic acids is 1. The van der Waals surface area contributed by atoms with Crippen LogP contribution in [0.15, 0.2) is 35.7 Å². The highest BCUT2D eigenvalue weighted by Crippen LogP contribution is 2.47. The first kappa shape index (κ1) is 22.3. The van der Waals surface area contributed by atoms with E-state index in [-0.39, 0.29) is 30.6 Å². The maximum Gasteiger partial charge on any atom is 0.340 e. The van der Waals surface area contributed by atoms with Gasteiger partial charge in [0.25, 0.3) is 0 Å². The Morgan fingerprint density at radius 1 is 1.44 bits per heavy atom. The lowest BCUT2D eigenvalue weighted by atomic mass is 9.82. The normalized spacial score (nSPS) is 23.0. The molecule has 4 rings (SSSR count). The predicted molar refractivity (Wildman–Crippen MR) is 115 cm³/mol. The molecule has 0 aliphatic carbocycles. The zero-order valence-electron chi connectivity index (χ0n) is 18.1. The molecule has 0 amide bonds. The smallest absolute Gasteiger partial charge is 0.340 e. The number of carboxylic acid groups (broad SMARTS) is 1. The van der Waals surface area contributed by atoms with E-state index in [0.717, 1.165) is 16.7 Å². The summed E-state index contributed by atoms with van der Waals surface area (Å²) < 4.78 is 6.07. The van der Waals surface area contributed by atoms with Gasteiger partial charge in [-0.1, -0.05) is 23.7 Å². The fourth-order valence-corrected chi connectivity index (χ4v) is 4.69. The third-order valence-electron chi connectivity index (χ3n) is 5.91. The largest absolute Gasteiger partial charge is 0.569 e. The van der Waals surface area contributed by atoms with Crippen LogP contribution < -0.4 is 0 Å². The van der Waals surface area contributed by atoms with Crippen LogP contribution in [-0.4, -0.2) is 38.7 Å². The monoisotopic (exact) mass is 460 g/mol. The Morgan fingerprint density at radius 3 is 2.81 bits per heavy atom. The molecule has 1 fully saturated rings. The van der Waals surface area contributed by atoms with Gasteiger partial charge in [0.15, 0.2) is 0 Å². The lowest BCUT2D eigenvalue weighted by Gasteiger charge is -2.32. The number of carbonyl (C=O) groups is 1. The number of rotatable bonds is 6. The van der Waals surface area contributed by atoms with Crippen LogP contribution in [0.4, 0.5) is 0 Å². The second-order valence-electron chi connectivity index (χ2n) is 8.28. The molecule has 3 heterocycles. The van der Waals surface area contributed by atoms with Gasteiger partial charge in [-0.2, -0.15) is 0 Å². The molecule has 32 heavy (non-hydrogen) atoms. The van der Waals surface area contributed by atoms with Crippen molar-refractivity contribution in [2.24, 2.45) is 5.28 Å². The van der Waals surface area contributed by atoms with E-state index < -0.39 is 17.6 Å². The minimum atomic E-state index is -1.62. The van der Waals surface area contributed by atoms with Gasteiger partial charge in [-0.05, 0) is 56.9 Å². The number of benzene rings is 1. The van der Waals surface area contributed by atoms with Gasteiger partial charge in [0.2, 0.25) is 10.8 Å². The average Bonchev–Trinajstić information content (AvgIpc) is 3.38. The minimum absolute atomic E-state index is 0.211. The second-order valence-corrected chi connectivity index (χ2v) is 8.71. The van der Waals surface area contributed by atoms with Crippen molar-refractivity contribution in [2.75, 3.05) is 6.54 Å². The Labute approximate surface area is 190 Å².